The molecule has 0 bridgehead atoms. The maximum Gasteiger partial charge on any atom is 0.272 e. The third-order valence-electron chi connectivity index (χ3n) is 5.08. The smallest absolute Gasteiger partial charge is 0.272 e. The Hall–Kier alpha value is -3.20. The van der Waals surface area contributed by atoms with E-state index < -0.39 is 6.04 Å². The first-order valence-electron chi connectivity index (χ1n) is 9.92. The molecule has 1 saturated heterocycles. The summed E-state index contributed by atoms with van der Waals surface area (Å²) in [5, 5.41) is 2.90. The number of benzene rings is 1. The number of anilines is 1. The van der Waals surface area contributed by atoms with Crippen molar-refractivity contribution < 1.29 is 14.3 Å². The Morgan fingerprint density at radius 1 is 1.23 bits per heavy atom. The molecule has 1 aromatic heterocycles. The highest BCUT2D eigenvalue weighted by molar-refractivity contribution is 5.93. The van der Waals surface area contributed by atoms with Gasteiger partial charge in [0, 0.05) is 25.3 Å². The number of aryl methyl sites for hydroxylation is 2. The Balaban J connectivity index is 1.54. The van der Waals surface area contributed by atoms with Gasteiger partial charge in [0.1, 0.15) is 24.1 Å². The van der Waals surface area contributed by atoms with Crippen LogP contribution >= 0.6 is 0 Å². The van der Waals surface area contributed by atoms with Gasteiger partial charge in [-0.05, 0) is 38.6 Å². The molecule has 9 nitrogen and oxygen atoms in total. The molecule has 0 aliphatic carbocycles. The van der Waals surface area contributed by atoms with Gasteiger partial charge in [-0.25, -0.2) is 9.97 Å². The lowest BCUT2D eigenvalue weighted by molar-refractivity contribution is -0.127. The molecule has 9 heteroatoms. The molecule has 1 fully saturated rings. The number of ether oxygens (including phenoxy) is 1. The van der Waals surface area contributed by atoms with E-state index in [1.165, 1.54) is 0 Å². The van der Waals surface area contributed by atoms with Gasteiger partial charge in [0.2, 0.25) is 11.9 Å². The number of hydrogen-bond donors (Lipinski definition) is 2. The Bertz CT molecular complexity index is 899. The van der Waals surface area contributed by atoms with Crippen molar-refractivity contribution in [3.8, 4) is 5.75 Å². The highest BCUT2D eigenvalue weighted by atomic mass is 16.5. The van der Waals surface area contributed by atoms with Crippen LogP contribution in [0, 0.1) is 13.8 Å². The van der Waals surface area contributed by atoms with E-state index in [1.54, 1.807) is 17.9 Å². The van der Waals surface area contributed by atoms with Crippen molar-refractivity contribution in [2.75, 3.05) is 45.6 Å². The first kappa shape index (κ1) is 21.5. The Morgan fingerprint density at radius 2 is 2.00 bits per heavy atom. The summed E-state index contributed by atoms with van der Waals surface area (Å²) in [6, 6.07) is 8.90. The average molecular weight is 412 g/mol. The van der Waals surface area contributed by atoms with Crippen LogP contribution < -0.4 is 15.8 Å². The van der Waals surface area contributed by atoms with Crippen molar-refractivity contribution in [3.05, 3.63) is 47.3 Å². The fourth-order valence-electron chi connectivity index (χ4n) is 3.38. The van der Waals surface area contributed by atoms with Gasteiger partial charge >= 0.3 is 0 Å². The minimum atomic E-state index is -0.443. The molecular weight excluding hydrogens is 384 g/mol. The summed E-state index contributed by atoms with van der Waals surface area (Å²) in [5.41, 5.74) is 7.59. The third kappa shape index (κ3) is 5.24. The van der Waals surface area contributed by atoms with E-state index in [9.17, 15) is 9.59 Å². The number of piperazine rings is 1. The Kier molecular flexibility index (Phi) is 6.83. The van der Waals surface area contributed by atoms with Gasteiger partial charge in [-0.15, -0.1) is 0 Å². The van der Waals surface area contributed by atoms with Crippen LogP contribution in [0.4, 0.5) is 5.95 Å². The zero-order valence-corrected chi connectivity index (χ0v) is 17.6. The van der Waals surface area contributed by atoms with Gasteiger partial charge in [0.05, 0.1) is 6.54 Å². The number of rotatable bonds is 6. The van der Waals surface area contributed by atoms with Gasteiger partial charge < -0.3 is 20.7 Å². The number of nitrogen functional groups attached to an aromatic ring is 1. The maximum atomic E-state index is 12.8. The van der Waals surface area contributed by atoms with Crippen molar-refractivity contribution in [3.63, 3.8) is 0 Å². The second kappa shape index (κ2) is 9.53. The van der Waals surface area contributed by atoms with Crippen LogP contribution in [0.15, 0.2) is 30.3 Å². The molecule has 0 saturated carbocycles. The summed E-state index contributed by atoms with van der Waals surface area (Å²) < 4.78 is 5.72. The van der Waals surface area contributed by atoms with Crippen LogP contribution in [0.2, 0.25) is 0 Å². The molecule has 2 heterocycles. The predicted molar refractivity (Wildman–Crippen MR) is 113 cm³/mol. The van der Waals surface area contributed by atoms with Crippen LogP contribution in [0.5, 0.6) is 5.75 Å². The minimum Gasteiger partial charge on any atom is -0.491 e. The normalized spacial score (nSPS) is 16.9. The zero-order valence-electron chi connectivity index (χ0n) is 17.6. The zero-order chi connectivity index (χ0) is 21.7. The molecule has 1 aliphatic rings. The van der Waals surface area contributed by atoms with Crippen molar-refractivity contribution in [1.82, 2.24) is 25.1 Å². The van der Waals surface area contributed by atoms with Gasteiger partial charge in [-0.2, -0.15) is 0 Å². The molecule has 0 radical (unpaired) electrons. The molecule has 160 valence electrons. The topological polar surface area (TPSA) is 114 Å². The fraction of sp³-hybridized carbons (Fsp3) is 0.429. The largest absolute Gasteiger partial charge is 0.491 e. The molecule has 2 amide bonds. The third-order valence-corrected chi connectivity index (χ3v) is 5.08. The van der Waals surface area contributed by atoms with E-state index in [0.29, 0.717) is 31.9 Å². The lowest BCUT2D eigenvalue weighted by Crippen LogP contribution is -2.59. The molecule has 1 aromatic carbocycles. The van der Waals surface area contributed by atoms with Gasteiger partial charge in [0.25, 0.3) is 5.91 Å². The summed E-state index contributed by atoms with van der Waals surface area (Å²) in [6.45, 7) is 5.86. The molecule has 1 aliphatic heterocycles. The SMILES string of the molecule is Cc1cc(C(=O)N2CCN(C)C(C(=O)NCCOc3ccccc3C)C2)nc(N)n1. The Labute approximate surface area is 176 Å². The van der Waals surface area contributed by atoms with E-state index in [0.717, 1.165) is 11.3 Å². The van der Waals surface area contributed by atoms with Crippen molar-refractivity contribution in [2.45, 2.75) is 19.9 Å². The van der Waals surface area contributed by atoms with E-state index >= 15 is 0 Å². The fourth-order valence-corrected chi connectivity index (χ4v) is 3.38. The number of hydrogen-bond acceptors (Lipinski definition) is 7. The summed E-state index contributed by atoms with van der Waals surface area (Å²) in [5.74, 6) is 0.482. The van der Waals surface area contributed by atoms with Crippen LogP contribution in [-0.4, -0.2) is 77.5 Å². The number of carbonyl (C=O) groups excluding carboxylic acids is 2. The first-order valence-corrected chi connectivity index (χ1v) is 9.92. The van der Waals surface area contributed by atoms with Crippen molar-refractivity contribution in [2.24, 2.45) is 0 Å². The number of amides is 2. The standard InChI is InChI=1S/C21H28N6O3/c1-14-6-4-5-7-18(14)30-11-8-23-19(28)17-13-27(10-9-26(17)3)20(29)16-12-15(2)24-21(22)25-16/h4-7,12,17H,8-11,13H2,1-3H3,(H,23,28)(H2,22,24,25). The van der Waals surface area contributed by atoms with Crippen LogP contribution in [-0.2, 0) is 4.79 Å². The monoisotopic (exact) mass is 412 g/mol. The molecule has 0 spiro atoms. The van der Waals surface area contributed by atoms with E-state index in [4.69, 9.17) is 10.5 Å². The summed E-state index contributed by atoms with van der Waals surface area (Å²) in [7, 11) is 1.88. The lowest BCUT2D eigenvalue weighted by Gasteiger charge is -2.38. The first-order chi connectivity index (χ1) is 14.3. The number of likely N-dealkylation sites (N-methyl/N-ethyl adjacent to an activating group) is 1. The van der Waals surface area contributed by atoms with Crippen LogP contribution in [0.3, 0.4) is 0 Å². The minimum absolute atomic E-state index is 0.0652. The molecule has 1 unspecified atom stereocenters. The lowest BCUT2D eigenvalue weighted by atomic mass is 10.1. The molecule has 3 N–H and O–H groups in total. The summed E-state index contributed by atoms with van der Waals surface area (Å²) >= 11 is 0. The molecular formula is C21H28N6O3. The van der Waals surface area contributed by atoms with E-state index in [2.05, 4.69) is 15.3 Å². The number of nitrogens with one attached hydrogen (secondary N) is 1. The van der Waals surface area contributed by atoms with Gasteiger partial charge in [-0.1, -0.05) is 18.2 Å². The molecule has 3 rings (SSSR count). The number of nitrogens with zero attached hydrogens (tertiary/aromatic N) is 4. The number of nitrogens with two attached hydrogens (primary N) is 1. The number of carbonyl (C=O) groups is 2. The van der Waals surface area contributed by atoms with E-state index in [1.807, 2.05) is 43.1 Å². The highest BCUT2D eigenvalue weighted by Crippen LogP contribution is 2.16. The number of aromatic nitrogens is 2. The average Bonchev–Trinajstić information content (AvgIpc) is 2.71. The van der Waals surface area contributed by atoms with E-state index in [-0.39, 0.29) is 30.0 Å². The second-order valence-electron chi connectivity index (χ2n) is 7.41. The maximum absolute atomic E-state index is 12.8. The second-order valence-corrected chi connectivity index (χ2v) is 7.41. The van der Waals surface area contributed by atoms with Crippen molar-refractivity contribution >= 4 is 17.8 Å². The van der Waals surface area contributed by atoms with Crippen LogP contribution in [0.1, 0.15) is 21.7 Å². The highest BCUT2D eigenvalue weighted by Gasteiger charge is 2.33. The number of para-hydroxylation sites is 1. The van der Waals surface area contributed by atoms with Gasteiger partial charge in [0.15, 0.2) is 0 Å². The molecule has 2 aromatic rings. The molecule has 1 atom stereocenters. The molecule has 30 heavy (non-hydrogen) atoms. The quantitative estimate of drug-likeness (QED) is 0.669. The van der Waals surface area contributed by atoms with Crippen LogP contribution in [0.25, 0.3) is 0 Å². The Morgan fingerprint density at radius 3 is 2.73 bits per heavy atom. The van der Waals surface area contributed by atoms with Gasteiger partial charge in [-0.3, -0.25) is 14.5 Å². The van der Waals surface area contributed by atoms with Crippen molar-refractivity contribution in [1.29, 1.82) is 0 Å². The predicted octanol–water partition coefficient (Wildman–Crippen LogP) is 0.627. The summed E-state index contributed by atoms with van der Waals surface area (Å²) in [6.07, 6.45) is 0. The summed E-state index contributed by atoms with van der Waals surface area (Å²) in [4.78, 5) is 37.2.